The van der Waals surface area contributed by atoms with Gasteiger partial charge in [-0.05, 0) is 38.9 Å². The second-order valence-electron chi connectivity index (χ2n) is 7.45. The number of aromatic nitrogens is 1. The molecule has 1 saturated heterocycles. The van der Waals surface area contributed by atoms with E-state index in [0.29, 0.717) is 24.5 Å². The number of likely N-dealkylation sites (N-methyl/N-ethyl adjacent to an activating group) is 1. The van der Waals surface area contributed by atoms with Gasteiger partial charge in [0.15, 0.2) is 5.13 Å². The average Bonchev–Trinajstić information content (AvgIpc) is 3.28. The summed E-state index contributed by atoms with van der Waals surface area (Å²) in [6.07, 6.45) is 2.06. The van der Waals surface area contributed by atoms with Crippen molar-refractivity contribution < 1.29 is 13.2 Å². The molecule has 1 aromatic carbocycles. The van der Waals surface area contributed by atoms with Crippen molar-refractivity contribution in [2.75, 3.05) is 25.5 Å². The molecule has 1 N–H and O–H groups in total. The van der Waals surface area contributed by atoms with Crippen LogP contribution in [0.5, 0.6) is 0 Å². The molecular formula is C19H24N4O3S2. The number of hydrogen-bond acceptors (Lipinski definition) is 6. The Morgan fingerprint density at radius 2 is 2.00 bits per heavy atom. The van der Waals surface area contributed by atoms with Crippen molar-refractivity contribution in [1.29, 1.82) is 0 Å². The molecule has 4 rings (SSSR count). The number of thiazole rings is 1. The molecule has 2 aliphatic rings. The number of fused-ring (bicyclic) bond motifs is 1. The van der Waals surface area contributed by atoms with Gasteiger partial charge >= 0.3 is 0 Å². The van der Waals surface area contributed by atoms with Crippen LogP contribution in [0.4, 0.5) is 5.13 Å². The Morgan fingerprint density at radius 3 is 2.75 bits per heavy atom. The summed E-state index contributed by atoms with van der Waals surface area (Å²) in [6.45, 7) is 4.05. The van der Waals surface area contributed by atoms with Crippen LogP contribution in [0.2, 0.25) is 0 Å². The summed E-state index contributed by atoms with van der Waals surface area (Å²) in [5.41, 5.74) is 2.03. The molecule has 0 aliphatic carbocycles. The summed E-state index contributed by atoms with van der Waals surface area (Å²) >= 11 is 1.48. The van der Waals surface area contributed by atoms with Crippen LogP contribution < -0.4 is 5.32 Å². The van der Waals surface area contributed by atoms with E-state index in [-0.39, 0.29) is 10.8 Å². The normalized spacial score (nSPS) is 20.9. The van der Waals surface area contributed by atoms with Gasteiger partial charge in [0.1, 0.15) is 6.04 Å². The SMILES string of the molecule is Cc1ccc(S(=O)(=O)N2CCC[C@H]2C(=O)Nc2nc3c(s2)CN(C)CC3)cc1. The topological polar surface area (TPSA) is 82.6 Å². The Morgan fingerprint density at radius 1 is 1.25 bits per heavy atom. The summed E-state index contributed by atoms with van der Waals surface area (Å²) in [5, 5.41) is 3.42. The number of aryl methyl sites for hydroxylation is 1. The highest BCUT2D eigenvalue weighted by atomic mass is 32.2. The second-order valence-corrected chi connectivity index (χ2v) is 10.4. The standard InChI is InChI=1S/C19H24N4O3S2/c1-13-5-7-14(8-6-13)28(25,26)23-10-3-4-16(23)18(24)21-19-20-15-9-11-22(2)12-17(15)27-19/h5-8,16H,3-4,9-12H2,1-2H3,(H,20,21,24)/t16-/m0/s1. The van der Waals surface area contributed by atoms with Crippen LogP contribution in [0.3, 0.4) is 0 Å². The first-order valence-corrected chi connectivity index (χ1v) is 11.7. The Bertz CT molecular complexity index is 985. The van der Waals surface area contributed by atoms with Crippen molar-refractivity contribution in [3.05, 3.63) is 40.4 Å². The van der Waals surface area contributed by atoms with Gasteiger partial charge in [-0.15, -0.1) is 11.3 Å². The highest BCUT2D eigenvalue weighted by molar-refractivity contribution is 7.89. The van der Waals surface area contributed by atoms with E-state index < -0.39 is 16.1 Å². The van der Waals surface area contributed by atoms with Gasteiger partial charge in [0.25, 0.3) is 0 Å². The predicted octanol–water partition coefficient (Wildman–Crippen LogP) is 2.23. The van der Waals surface area contributed by atoms with Crippen LogP contribution in [-0.2, 0) is 27.8 Å². The highest BCUT2D eigenvalue weighted by Gasteiger charge is 2.39. The Labute approximate surface area is 169 Å². The number of rotatable bonds is 4. The number of hydrogen-bond donors (Lipinski definition) is 1. The van der Waals surface area contributed by atoms with Crippen LogP contribution in [0.1, 0.15) is 29.0 Å². The lowest BCUT2D eigenvalue weighted by molar-refractivity contribution is -0.119. The van der Waals surface area contributed by atoms with Crippen molar-refractivity contribution in [2.45, 2.75) is 43.7 Å². The molecule has 2 aliphatic heterocycles. The van der Waals surface area contributed by atoms with Gasteiger partial charge in [-0.1, -0.05) is 17.7 Å². The molecule has 0 saturated carbocycles. The molecule has 1 atom stereocenters. The summed E-state index contributed by atoms with van der Waals surface area (Å²) in [7, 11) is -1.64. The number of benzene rings is 1. The van der Waals surface area contributed by atoms with E-state index in [9.17, 15) is 13.2 Å². The fourth-order valence-electron chi connectivity index (χ4n) is 3.70. The Kier molecular flexibility index (Phi) is 5.26. The Balaban J connectivity index is 1.52. The van der Waals surface area contributed by atoms with Gasteiger partial charge in [-0.25, -0.2) is 13.4 Å². The predicted molar refractivity (Wildman–Crippen MR) is 109 cm³/mol. The lowest BCUT2D eigenvalue weighted by Crippen LogP contribution is -2.43. The monoisotopic (exact) mass is 420 g/mol. The van der Waals surface area contributed by atoms with Crippen molar-refractivity contribution in [2.24, 2.45) is 0 Å². The molecule has 9 heteroatoms. The number of amides is 1. The largest absolute Gasteiger partial charge is 0.301 e. The van der Waals surface area contributed by atoms with Crippen LogP contribution in [-0.4, -0.2) is 54.7 Å². The third-order valence-electron chi connectivity index (χ3n) is 5.29. The van der Waals surface area contributed by atoms with E-state index in [1.807, 2.05) is 6.92 Å². The summed E-state index contributed by atoms with van der Waals surface area (Å²) in [4.78, 5) is 21.0. The zero-order valence-electron chi connectivity index (χ0n) is 16.0. The van der Waals surface area contributed by atoms with Gasteiger partial charge in [0.2, 0.25) is 15.9 Å². The molecule has 0 bridgehead atoms. The maximum absolute atomic E-state index is 13.0. The lowest BCUT2D eigenvalue weighted by Gasteiger charge is -2.23. The number of nitrogens with one attached hydrogen (secondary N) is 1. The van der Waals surface area contributed by atoms with E-state index in [0.717, 1.165) is 30.8 Å². The minimum Gasteiger partial charge on any atom is -0.301 e. The smallest absolute Gasteiger partial charge is 0.244 e. The van der Waals surface area contributed by atoms with Crippen molar-refractivity contribution >= 4 is 32.4 Å². The molecular weight excluding hydrogens is 396 g/mol. The molecule has 1 amide bonds. The van der Waals surface area contributed by atoms with E-state index in [2.05, 4.69) is 22.2 Å². The summed E-state index contributed by atoms with van der Waals surface area (Å²) < 4.78 is 27.4. The number of nitrogens with zero attached hydrogens (tertiary/aromatic N) is 3. The van der Waals surface area contributed by atoms with Crippen LogP contribution in [0.25, 0.3) is 0 Å². The third-order valence-corrected chi connectivity index (χ3v) is 8.21. The molecule has 150 valence electrons. The van der Waals surface area contributed by atoms with Gasteiger partial charge in [0, 0.05) is 30.9 Å². The molecule has 2 aromatic rings. The van der Waals surface area contributed by atoms with E-state index >= 15 is 0 Å². The van der Waals surface area contributed by atoms with Crippen LogP contribution in [0.15, 0.2) is 29.2 Å². The van der Waals surface area contributed by atoms with Gasteiger partial charge in [-0.2, -0.15) is 4.31 Å². The first kappa shape index (κ1) is 19.5. The second kappa shape index (κ2) is 7.55. The van der Waals surface area contributed by atoms with Crippen LogP contribution >= 0.6 is 11.3 Å². The van der Waals surface area contributed by atoms with E-state index in [1.165, 1.54) is 20.5 Å². The zero-order valence-corrected chi connectivity index (χ0v) is 17.6. The maximum atomic E-state index is 13.0. The first-order valence-electron chi connectivity index (χ1n) is 9.41. The number of sulfonamides is 1. The molecule has 0 unspecified atom stereocenters. The van der Waals surface area contributed by atoms with E-state index in [1.54, 1.807) is 24.3 Å². The maximum Gasteiger partial charge on any atom is 0.244 e. The minimum atomic E-state index is -3.70. The number of carbonyl (C=O) groups excluding carboxylic acids is 1. The summed E-state index contributed by atoms with van der Waals surface area (Å²) in [6, 6.07) is 6.05. The fraction of sp³-hybridized carbons (Fsp3) is 0.474. The molecule has 28 heavy (non-hydrogen) atoms. The summed E-state index contributed by atoms with van der Waals surface area (Å²) in [5.74, 6) is -0.298. The minimum absolute atomic E-state index is 0.227. The number of anilines is 1. The van der Waals surface area contributed by atoms with Gasteiger partial charge in [0.05, 0.1) is 10.6 Å². The average molecular weight is 421 g/mol. The molecule has 0 spiro atoms. The zero-order chi connectivity index (χ0) is 19.9. The first-order chi connectivity index (χ1) is 13.3. The van der Waals surface area contributed by atoms with Crippen molar-refractivity contribution in [3.8, 4) is 0 Å². The number of carbonyl (C=O) groups is 1. The highest BCUT2D eigenvalue weighted by Crippen LogP contribution is 2.30. The molecule has 1 aromatic heterocycles. The molecule has 7 nitrogen and oxygen atoms in total. The van der Waals surface area contributed by atoms with Gasteiger partial charge in [-0.3, -0.25) is 4.79 Å². The lowest BCUT2D eigenvalue weighted by atomic mass is 10.2. The van der Waals surface area contributed by atoms with Crippen molar-refractivity contribution in [3.63, 3.8) is 0 Å². The molecule has 1 fully saturated rings. The fourth-order valence-corrected chi connectivity index (χ4v) is 6.45. The van der Waals surface area contributed by atoms with E-state index in [4.69, 9.17) is 0 Å². The van der Waals surface area contributed by atoms with Crippen LogP contribution in [0, 0.1) is 6.92 Å². The Hall–Kier alpha value is -1.81. The molecule has 0 radical (unpaired) electrons. The van der Waals surface area contributed by atoms with Crippen molar-refractivity contribution in [1.82, 2.24) is 14.2 Å². The quantitative estimate of drug-likeness (QED) is 0.820. The van der Waals surface area contributed by atoms with Gasteiger partial charge < -0.3 is 10.2 Å². The molecule has 3 heterocycles. The third kappa shape index (κ3) is 3.71.